The summed E-state index contributed by atoms with van der Waals surface area (Å²) in [4.78, 5) is 13.5. The highest BCUT2D eigenvalue weighted by molar-refractivity contribution is 7.80. The summed E-state index contributed by atoms with van der Waals surface area (Å²) in [5, 5.41) is 3.16. The van der Waals surface area contributed by atoms with Crippen molar-refractivity contribution in [2.45, 2.75) is 6.92 Å². The quantitative estimate of drug-likeness (QED) is 0.883. The zero-order chi connectivity index (χ0) is 15.5. The molecule has 0 bridgehead atoms. The van der Waals surface area contributed by atoms with Crippen molar-refractivity contribution in [2.75, 3.05) is 11.4 Å². The fourth-order valence-corrected chi connectivity index (χ4v) is 2.56. The summed E-state index contributed by atoms with van der Waals surface area (Å²) in [6, 6.07) is 17.3. The average Bonchev–Trinajstić information content (AvgIpc) is 2.53. The van der Waals surface area contributed by atoms with Crippen molar-refractivity contribution in [1.29, 1.82) is 0 Å². The van der Waals surface area contributed by atoms with E-state index in [9.17, 15) is 4.79 Å². The number of carbonyl (C=O) groups is 1. The summed E-state index contributed by atoms with van der Waals surface area (Å²) in [5.41, 5.74) is 0.942. The van der Waals surface area contributed by atoms with E-state index < -0.39 is 0 Å². The van der Waals surface area contributed by atoms with Gasteiger partial charge < -0.3 is 15.0 Å². The van der Waals surface area contributed by atoms with Crippen LogP contribution in [0.15, 0.2) is 54.6 Å². The summed E-state index contributed by atoms with van der Waals surface area (Å²) >= 11 is 5.24. The molecule has 1 aliphatic heterocycles. The molecule has 1 amide bonds. The van der Waals surface area contributed by atoms with E-state index in [1.165, 1.54) is 0 Å². The van der Waals surface area contributed by atoms with Gasteiger partial charge >= 0.3 is 0 Å². The molecule has 5 heteroatoms. The Labute approximate surface area is 134 Å². The van der Waals surface area contributed by atoms with Crippen molar-refractivity contribution in [2.24, 2.45) is 5.92 Å². The number of anilines is 1. The van der Waals surface area contributed by atoms with Crippen molar-refractivity contribution < 1.29 is 9.53 Å². The number of rotatable bonds is 3. The number of nitrogens with zero attached hydrogens (tertiary/aromatic N) is 1. The van der Waals surface area contributed by atoms with Crippen molar-refractivity contribution in [1.82, 2.24) is 5.32 Å². The Kier molecular flexibility index (Phi) is 4.06. The van der Waals surface area contributed by atoms with Gasteiger partial charge in [-0.2, -0.15) is 0 Å². The van der Waals surface area contributed by atoms with Gasteiger partial charge in [0.05, 0.1) is 5.92 Å². The lowest BCUT2D eigenvalue weighted by Gasteiger charge is -2.32. The Balaban J connectivity index is 1.74. The third-order valence-electron chi connectivity index (χ3n) is 3.51. The second kappa shape index (κ2) is 6.15. The van der Waals surface area contributed by atoms with E-state index in [-0.39, 0.29) is 11.8 Å². The molecule has 22 heavy (non-hydrogen) atoms. The van der Waals surface area contributed by atoms with Gasteiger partial charge in [0.2, 0.25) is 5.91 Å². The molecule has 1 N–H and O–H groups in total. The van der Waals surface area contributed by atoms with E-state index in [4.69, 9.17) is 17.0 Å². The predicted molar refractivity (Wildman–Crippen MR) is 90.2 cm³/mol. The average molecular weight is 312 g/mol. The van der Waals surface area contributed by atoms with Gasteiger partial charge in [-0.05, 0) is 48.6 Å². The third kappa shape index (κ3) is 3.09. The lowest BCUT2D eigenvalue weighted by Crippen LogP contribution is -2.53. The van der Waals surface area contributed by atoms with Crippen molar-refractivity contribution in [3.63, 3.8) is 0 Å². The van der Waals surface area contributed by atoms with Gasteiger partial charge in [-0.3, -0.25) is 4.79 Å². The Morgan fingerprint density at radius 1 is 1.09 bits per heavy atom. The summed E-state index contributed by atoms with van der Waals surface area (Å²) < 4.78 is 5.76. The number of hydrogen-bond acceptors (Lipinski definition) is 3. The highest BCUT2D eigenvalue weighted by Crippen LogP contribution is 2.25. The van der Waals surface area contributed by atoms with E-state index >= 15 is 0 Å². The molecular formula is C17H16N2O2S. The summed E-state index contributed by atoms with van der Waals surface area (Å²) in [5.74, 6) is 1.44. The molecular weight excluding hydrogens is 296 g/mol. The Bertz CT molecular complexity index is 686. The van der Waals surface area contributed by atoms with Gasteiger partial charge in [0, 0.05) is 12.2 Å². The first-order chi connectivity index (χ1) is 10.6. The van der Waals surface area contributed by atoms with Gasteiger partial charge in [-0.25, -0.2) is 0 Å². The molecule has 1 fully saturated rings. The van der Waals surface area contributed by atoms with E-state index in [0.717, 1.165) is 17.2 Å². The van der Waals surface area contributed by atoms with Crippen LogP contribution in [0.3, 0.4) is 0 Å². The molecule has 1 atom stereocenters. The van der Waals surface area contributed by atoms with Crippen LogP contribution in [0.2, 0.25) is 0 Å². The maximum Gasteiger partial charge on any atom is 0.230 e. The molecule has 1 unspecified atom stereocenters. The first-order valence-electron chi connectivity index (χ1n) is 7.09. The van der Waals surface area contributed by atoms with E-state index in [1.807, 2.05) is 66.4 Å². The number of nitrogens with one attached hydrogen (secondary N) is 1. The van der Waals surface area contributed by atoms with E-state index in [2.05, 4.69) is 5.32 Å². The number of para-hydroxylation sites is 1. The summed E-state index contributed by atoms with van der Waals surface area (Å²) in [6.45, 7) is 2.47. The first kappa shape index (κ1) is 14.5. The maximum atomic E-state index is 11.6. The minimum atomic E-state index is -0.0908. The molecule has 0 aromatic heterocycles. The molecule has 0 aliphatic carbocycles. The predicted octanol–water partition coefficient (Wildman–Crippen LogP) is 3.34. The smallest absolute Gasteiger partial charge is 0.230 e. The van der Waals surface area contributed by atoms with Gasteiger partial charge in [-0.15, -0.1) is 0 Å². The fraction of sp³-hybridized carbons (Fsp3) is 0.176. The molecule has 2 aromatic carbocycles. The molecule has 0 radical (unpaired) electrons. The van der Waals surface area contributed by atoms with Crippen molar-refractivity contribution in [3.8, 4) is 11.5 Å². The van der Waals surface area contributed by atoms with Crippen LogP contribution in [0, 0.1) is 5.92 Å². The zero-order valence-electron chi connectivity index (χ0n) is 12.2. The number of carbonyl (C=O) groups excluding carboxylic acids is 1. The number of thiocarbonyl (C=S) groups is 1. The van der Waals surface area contributed by atoms with Gasteiger partial charge in [0.1, 0.15) is 11.5 Å². The lowest BCUT2D eigenvalue weighted by atomic mass is 10.1. The number of ether oxygens (including phenoxy) is 1. The molecule has 0 spiro atoms. The van der Waals surface area contributed by atoms with Gasteiger partial charge in [-0.1, -0.05) is 25.1 Å². The topological polar surface area (TPSA) is 41.6 Å². The Morgan fingerprint density at radius 3 is 2.41 bits per heavy atom. The SMILES string of the molecule is CC1CN(c2ccc(Oc3ccccc3)cc2)C(=S)NC1=O. The minimum Gasteiger partial charge on any atom is -0.457 e. The van der Waals surface area contributed by atoms with Crippen LogP contribution in [-0.2, 0) is 4.79 Å². The molecule has 112 valence electrons. The third-order valence-corrected chi connectivity index (χ3v) is 3.83. The van der Waals surface area contributed by atoms with Crippen LogP contribution in [0.25, 0.3) is 0 Å². The first-order valence-corrected chi connectivity index (χ1v) is 7.49. The van der Waals surface area contributed by atoms with Crippen molar-refractivity contribution >= 4 is 28.9 Å². The highest BCUT2D eigenvalue weighted by atomic mass is 32.1. The van der Waals surface area contributed by atoms with Crippen LogP contribution < -0.4 is 15.0 Å². The molecule has 1 saturated heterocycles. The molecule has 1 heterocycles. The standard InChI is InChI=1S/C17H16N2O2S/c1-12-11-19(17(22)18-16(12)20)13-7-9-15(10-8-13)21-14-5-3-2-4-6-14/h2-10,12H,11H2,1H3,(H,18,20,22). The van der Waals surface area contributed by atoms with Crippen LogP contribution in [0.5, 0.6) is 11.5 Å². The summed E-state index contributed by atoms with van der Waals surface area (Å²) in [6.07, 6.45) is 0. The largest absolute Gasteiger partial charge is 0.457 e. The van der Waals surface area contributed by atoms with Crippen LogP contribution in [-0.4, -0.2) is 17.6 Å². The Morgan fingerprint density at radius 2 is 1.73 bits per heavy atom. The molecule has 3 rings (SSSR count). The van der Waals surface area contributed by atoms with Crippen LogP contribution in [0.4, 0.5) is 5.69 Å². The van der Waals surface area contributed by atoms with Crippen molar-refractivity contribution in [3.05, 3.63) is 54.6 Å². The molecule has 4 nitrogen and oxygen atoms in total. The van der Waals surface area contributed by atoms with Gasteiger partial charge in [0.25, 0.3) is 0 Å². The van der Waals surface area contributed by atoms with Gasteiger partial charge in [0.15, 0.2) is 5.11 Å². The lowest BCUT2D eigenvalue weighted by molar-refractivity contribution is -0.123. The maximum absolute atomic E-state index is 11.6. The molecule has 2 aromatic rings. The van der Waals surface area contributed by atoms with E-state index in [1.54, 1.807) is 0 Å². The molecule has 0 saturated carbocycles. The second-order valence-electron chi connectivity index (χ2n) is 5.22. The van der Waals surface area contributed by atoms with Crippen LogP contribution >= 0.6 is 12.2 Å². The zero-order valence-corrected chi connectivity index (χ0v) is 13.0. The Hall–Kier alpha value is -2.40. The van der Waals surface area contributed by atoms with E-state index in [0.29, 0.717) is 11.7 Å². The highest BCUT2D eigenvalue weighted by Gasteiger charge is 2.27. The second-order valence-corrected chi connectivity index (χ2v) is 5.60. The summed E-state index contributed by atoms with van der Waals surface area (Å²) in [7, 11) is 0. The number of amides is 1. The van der Waals surface area contributed by atoms with Crippen LogP contribution in [0.1, 0.15) is 6.92 Å². The number of benzene rings is 2. The fourth-order valence-electron chi connectivity index (χ4n) is 2.28. The normalized spacial score (nSPS) is 18.0. The number of hydrogen-bond donors (Lipinski definition) is 1. The minimum absolute atomic E-state index is 0.0229. The monoisotopic (exact) mass is 312 g/mol. The molecule has 1 aliphatic rings.